The normalized spacial score (nSPS) is 11.0. The highest BCUT2D eigenvalue weighted by molar-refractivity contribution is 7.92. The smallest absolute Gasteiger partial charge is 0.337 e. The maximum atomic E-state index is 12.2. The summed E-state index contributed by atoms with van der Waals surface area (Å²) >= 11 is 5.79. The summed E-state index contributed by atoms with van der Waals surface area (Å²) < 4.78 is 24.9. The third-order valence-electron chi connectivity index (χ3n) is 3.23. The molecule has 0 saturated carbocycles. The Morgan fingerprint density at radius 2 is 1.72 bits per heavy atom. The van der Waals surface area contributed by atoms with Gasteiger partial charge < -0.3 is 10.4 Å². The van der Waals surface area contributed by atoms with Gasteiger partial charge in [0.2, 0.25) is 15.9 Å². The molecule has 0 aliphatic heterocycles. The first kappa shape index (κ1) is 18.8. The van der Waals surface area contributed by atoms with E-state index in [-0.39, 0.29) is 16.9 Å². The van der Waals surface area contributed by atoms with Crippen molar-refractivity contribution in [3.8, 4) is 0 Å². The van der Waals surface area contributed by atoms with E-state index in [2.05, 4.69) is 5.32 Å². The van der Waals surface area contributed by atoms with E-state index >= 15 is 0 Å². The van der Waals surface area contributed by atoms with Crippen molar-refractivity contribution in [3.63, 3.8) is 0 Å². The van der Waals surface area contributed by atoms with Crippen molar-refractivity contribution in [3.05, 3.63) is 59.1 Å². The number of halogens is 1. The van der Waals surface area contributed by atoms with E-state index in [4.69, 9.17) is 16.7 Å². The van der Waals surface area contributed by atoms with Crippen LogP contribution in [0.4, 0.5) is 11.4 Å². The fraction of sp³-hybridized carbons (Fsp3) is 0.125. The predicted octanol–water partition coefficient (Wildman–Crippen LogP) is 2.44. The first-order valence-electron chi connectivity index (χ1n) is 7.04. The molecule has 0 spiro atoms. The fourth-order valence-corrected chi connectivity index (χ4v) is 3.09. The number of hydrogen-bond acceptors (Lipinski definition) is 4. The molecule has 7 nitrogen and oxygen atoms in total. The van der Waals surface area contributed by atoms with Gasteiger partial charge in [0.25, 0.3) is 0 Å². The molecule has 0 fully saturated rings. The lowest BCUT2D eigenvalue weighted by Crippen LogP contribution is -2.37. The number of sulfonamides is 1. The Hall–Kier alpha value is -2.58. The third kappa shape index (κ3) is 4.94. The van der Waals surface area contributed by atoms with E-state index in [0.29, 0.717) is 5.02 Å². The van der Waals surface area contributed by atoms with Crippen LogP contribution in [-0.4, -0.2) is 38.2 Å². The molecule has 25 heavy (non-hydrogen) atoms. The number of amides is 1. The highest BCUT2D eigenvalue weighted by Gasteiger charge is 2.21. The number of carboxylic acid groups (broad SMARTS) is 1. The summed E-state index contributed by atoms with van der Waals surface area (Å²) in [5.41, 5.74) is 0.270. The van der Waals surface area contributed by atoms with Gasteiger partial charge in [-0.3, -0.25) is 9.10 Å². The number of nitrogens with zero attached hydrogens (tertiary/aromatic N) is 1. The van der Waals surface area contributed by atoms with Crippen LogP contribution < -0.4 is 9.62 Å². The molecule has 0 aliphatic carbocycles. The predicted molar refractivity (Wildman–Crippen MR) is 95.7 cm³/mol. The molecule has 9 heteroatoms. The average Bonchev–Trinajstić information content (AvgIpc) is 2.53. The Bertz CT molecular complexity index is 897. The summed E-state index contributed by atoms with van der Waals surface area (Å²) in [7, 11) is -3.73. The molecule has 2 N–H and O–H groups in total. The largest absolute Gasteiger partial charge is 0.478 e. The average molecular weight is 383 g/mol. The minimum atomic E-state index is -3.73. The maximum Gasteiger partial charge on any atom is 0.337 e. The Morgan fingerprint density at radius 3 is 2.28 bits per heavy atom. The van der Waals surface area contributed by atoms with E-state index in [1.54, 1.807) is 6.07 Å². The molecule has 0 unspecified atom stereocenters. The van der Waals surface area contributed by atoms with Crippen LogP contribution in [0.25, 0.3) is 0 Å². The van der Waals surface area contributed by atoms with Gasteiger partial charge in [-0.1, -0.05) is 23.7 Å². The third-order valence-corrected chi connectivity index (χ3v) is 4.63. The number of aromatic carboxylic acids is 1. The molecular formula is C16H15ClN2O5S. The van der Waals surface area contributed by atoms with Gasteiger partial charge in [-0.15, -0.1) is 0 Å². The van der Waals surface area contributed by atoms with Crippen LogP contribution >= 0.6 is 11.6 Å². The molecule has 0 bridgehead atoms. The molecule has 2 rings (SSSR count). The molecule has 0 aliphatic rings. The van der Waals surface area contributed by atoms with Crippen molar-refractivity contribution in [2.75, 3.05) is 22.4 Å². The lowest BCUT2D eigenvalue weighted by Gasteiger charge is -2.22. The first-order valence-corrected chi connectivity index (χ1v) is 9.26. The standard InChI is InChI=1S/C16H15ClN2O5S/c1-25(23,24)19(12-8-6-11(17)7-9-12)10-15(20)18-14-5-3-2-4-13(14)16(21)22/h2-9H,10H2,1H3,(H,18,20)(H,21,22). The lowest BCUT2D eigenvalue weighted by molar-refractivity contribution is -0.114. The molecule has 0 heterocycles. The van der Waals surface area contributed by atoms with Gasteiger partial charge in [0, 0.05) is 5.02 Å². The number of benzene rings is 2. The van der Waals surface area contributed by atoms with Crippen LogP contribution in [-0.2, 0) is 14.8 Å². The number of anilines is 2. The zero-order valence-electron chi connectivity index (χ0n) is 13.1. The summed E-state index contributed by atoms with van der Waals surface area (Å²) in [5, 5.41) is 12.0. The number of para-hydroxylation sites is 1. The number of nitrogens with one attached hydrogen (secondary N) is 1. The molecule has 0 radical (unpaired) electrons. The van der Waals surface area contributed by atoms with Crippen molar-refractivity contribution in [2.24, 2.45) is 0 Å². The summed E-state index contributed by atoms with van der Waals surface area (Å²) in [4.78, 5) is 23.4. The minimum absolute atomic E-state index is 0.0876. The summed E-state index contributed by atoms with van der Waals surface area (Å²) in [6.45, 7) is -0.506. The van der Waals surface area contributed by atoms with Crippen LogP contribution in [0.2, 0.25) is 5.02 Å². The van der Waals surface area contributed by atoms with E-state index in [1.807, 2.05) is 0 Å². The quantitative estimate of drug-likeness (QED) is 0.798. The number of hydrogen-bond donors (Lipinski definition) is 2. The van der Waals surface area contributed by atoms with E-state index in [0.717, 1.165) is 10.6 Å². The maximum absolute atomic E-state index is 12.2. The van der Waals surface area contributed by atoms with Crippen molar-refractivity contribution in [1.82, 2.24) is 0 Å². The fourth-order valence-electron chi connectivity index (χ4n) is 2.11. The molecule has 2 aromatic rings. The Kier molecular flexibility index (Phi) is 5.66. The highest BCUT2D eigenvalue weighted by atomic mass is 35.5. The Labute approximate surface area is 149 Å². The molecule has 0 atom stereocenters. The second kappa shape index (κ2) is 7.54. The zero-order chi connectivity index (χ0) is 18.6. The van der Waals surface area contributed by atoms with Crippen LogP contribution in [0.15, 0.2) is 48.5 Å². The number of rotatable bonds is 6. The van der Waals surface area contributed by atoms with Crippen molar-refractivity contribution >= 4 is 44.9 Å². The molecule has 132 valence electrons. The van der Waals surface area contributed by atoms with Crippen LogP contribution in [0.1, 0.15) is 10.4 Å². The molecule has 2 aromatic carbocycles. The highest BCUT2D eigenvalue weighted by Crippen LogP contribution is 2.21. The number of carboxylic acids is 1. The Morgan fingerprint density at radius 1 is 1.12 bits per heavy atom. The monoisotopic (exact) mass is 382 g/mol. The zero-order valence-corrected chi connectivity index (χ0v) is 14.7. The van der Waals surface area contributed by atoms with Crippen LogP contribution in [0.3, 0.4) is 0 Å². The first-order chi connectivity index (χ1) is 11.7. The SMILES string of the molecule is CS(=O)(=O)N(CC(=O)Nc1ccccc1C(=O)O)c1ccc(Cl)cc1. The van der Waals surface area contributed by atoms with Gasteiger partial charge in [0.05, 0.1) is 23.2 Å². The summed E-state index contributed by atoms with van der Waals surface area (Å²) in [6, 6.07) is 11.8. The van der Waals surface area contributed by atoms with Gasteiger partial charge in [-0.25, -0.2) is 13.2 Å². The second-order valence-corrected chi connectivity index (χ2v) is 7.49. The van der Waals surface area contributed by atoms with Crippen molar-refractivity contribution < 1.29 is 23.1 Å². The van der Waals surface area contributed by atoms with E-state index in [1.165, 1.54) is 42.5 Å². The second-order valence-electron chi connectivity index (χ2n) is 5.14. The molecular weight excluding hydrogens is 368 g/mol. The molecule has 1 amide bonds. The van der Waals surface area contributed by atoms with Crippen molar-refractivity contribution in [1.29, 1.82) is 0 Å². The van der Waals surface area contributed by atoms with Crippen LogP contribution in [0, 0.1) is 0 Å². The lowest BCUT2D eigenvalue weighted by atomic mass is 10.2. The summed E-state index contributed by atoms with van der Waals surface area (Å²) in [6.07, 6.45) is 0.972. The van der Waals surface area contributed by atoms with Gasteiger partial charge in [-0.2, -0.15) is 0 Å². The van der Waals surface area contributed by atoms with E-state index in [9.17, 15) is 18.0 Å². The topological polar surface area (TPSA) is 104 Å². The van der Waals surface area contributed by atoms with Crippen LogP contribution in [0.5, 0.6) is 0 Å². The van der Waals surface area contributed by atoms with Gasteiger partial charge in [-0.05, 0) is 36.4 Å². The molecule has 0 aromatic heterocycles. The number of carbonyl (C=O) groups is 2. The van der Waals surface area contributed by atoms with Gasteiger partial charge >= 0.3 is 5.97 Å². The van der Waals surface area contributed by atoms with Crippen molar-refractivity contribution in [2.45, 2.75) is 0 Å². The number of carbonyl (C=O) groups excluding carboxylic acids is 1. The van der Waals surface area contributed by atoms with E-state index < -0.39 is 28.4 Å². The molecule has 0 saturated heterocycles. The minimum Gasteiger partial charge on any atom is -0.478 e. The van der Waals surface area contributed by atoms with Gasteiger partial charge in [0.1, 0.15) is 6.54 Å². The summed E-state index contributed by atoms with van der Waals surface area (Å²) in [5.74, 6) is -1.87. The van der Waals surface area contributed by atoms with Gasteiger partial charge in [0.15, 0.2) is 0 Å². The Balaban J connectivity index is 2.24.